The van der Waals surface area contributed by atoms with Gasteiger partial charge in [-0.2, -0.15) is 0 Å². The van der Waals surface area contributed by atoms with E-state index in [1.54, 1.807) is 0 Å². The van der Waals surface area contributed by atoms with Crippen molar-refractivity contribution < 1.29 is 5.11 Å². The minimum atomic E-state index is 0.340. The molecule has 1 aliphatic rings. The van der Waals surface area contributed by atoms with Crippen LogP contribution in [0.5, 0.6) is 0 Å². The maximum absolute atomic E-state index is 8.56. The second kappa shape index (κ2) is 3.94. The third-order valence-corrected chi connectivity index (χ3v) is 2.18. The van der Waals surface area contributed by atoms with Crippen LogP contribution in [0.1, 0.15) is 32.6 Å². The Balaban J connectivity index is 2.06. The highest BCUT2D eigenvalue weighted by Gasteiger charge is 2.18. The Morgan fingerprint density at radius 1 is 1.50 bits per heavy atom. The summed E-state index contributed by atoms with van der Waals surface area (Å²) in [6, 6.07) is 1.38. The van der Waals surface area contributed by atoms with Gasteiger partial charge in [0.05, 0.1) is 0 Å². The molecule has 0 amide bonds. The normalized spacial score (nSPS) is 33.0. The van der Waals surface area contributed by atoms with Crippen LogP contribution in [-0.4, -0.2) is 23.8 Å². The Morgan fingerprint density at radius 3 is 2.80 bits per heavy atom. The number of nitrogens with one attached hydrogen (secondary N) is 1. The van der Waals surface area contributed by atoms with E-state index >= 15 is 0 Å². The lowest BCUT2D eigenvalue weighted by Crippen LogP contribution is -2.27. The molecular formula is C8H17NO. The van der Waals surface area contributed by atoms with Crippen LogP contribution in [0.2, 0.25) is 0 Å². The number of hydrogen-bond donors (Lipinski definition) is 2. The largest absolute Gasteiger partial charge is 0.396 e. The molecule has 0 spiro atoms. The number of hydrogen-bond acceptors (Lipinski definition) is 2. The van der Waals surface area contributed by atoms with E-state index in [4.69, 9.17) is 5.11 Å². The van der Waals surface area contributed by atoms with E-state index in [1.165, 1.54) is 12.8 Å². The smallest absolute Gasteiger partial charge is 0.0431 e. The molecule has 0 bridgehead atoms. The summed E-state index contributed by atoms with van der Waals surface area (Å²) >= 11 is 0. The van der Waals surface area contributed by atoms with Crippen LogP contribution in [0.15, 0.2) is 0 Å². The molecule has 1 aliphatic heterocycles. The van der Waals surface area contributed by atoms with Crippen molar-refractivity contribution in [3.63, 3.8) is 0 Å². The third-order valence-electron chi connectivity index (χ3n) is 2.18. The van der Waals surface area contributed by atoms with Crippen molar-refractivity contribution in [3.8, 4) is 0 Å². The molecule has 1 rings (SSSR count). The number of rotatable bonds is 3. The molecule has 60 valence electrons. The van der Waals surface area contributed by atoms with Gasteiger partial charge in [-0.15, -0.1) is 0 Å². The molecular weight excluding hydrogens is 126 g/mol. The Bertz CT molecular complexity index is 95.3. The molecule has 0 saturated carbocycles. The zero-order chi connectivity index (χ0) is 7.40. The quantitative estimate of drug-likeness (QED) is 0.615. The highest BCUT2D eigenvalue weighted by molar-refractivity contribution is 4.79. The Hall–Kier alpha value is -0.0800. The predicted molar refractivity (Wildman–Crippen MR) is 41.9 cm³/mol. The summed E-state index contributed by atoms with van der Waals surface area (Å²) in [4.78, 5) is 0. The van der Waals surface area contributed by atoms with Crippen LogP contribution in [0.25, 0.3) is 0 Å². The molecule has 0 radical (unpaired) electrons. The third kappa shape index (κ3) is 2.27. The molecule has 2 heteroatoms. The Kier molecular flexibility index (Phi) is 3.16. The zero-order valence-corrected chi connectivity index (χ0v) is 6.64. The van der Waals surface area contributed by atoms with E-state index in [2.05, 4.69) is 12.2 Å². The van der Waals surface area contributed by atoms with Gasteiger partial charge in [0, 0.05) is 18.7 Å². The van der Waals surface area contributed by atoms with Gasteiger partial charge >= 0.3 is 0 Å². The van der Waals surface area contributed by atoms with Crippen molar-refractivity contribution in [2.75, 3.05) is 6.61 Å². The first-order chi connectivity index (χ1) is 4.83. The summed E-state index contributed by atoms with van der Waals surface area (Å²) in [5, 5.41) is 12.0. The van der Waals surface area contributed by atoms with Gasteiger partial charge in [0.15, 0.2) is 0 Å². The van der Waals surface area contributed by atoms with E-state index in [0.717, 1.165) is 12.8 Å². The molecule has 0 aromatic carbocycles. The lowest BCUT2D eigenvalue weighted by Gasteiger charge is -2.09. The summed E-state index contributed by atoms with van der Waals surface area (Å²) in [6.07, 6.45) is 4.68. The minimum absolute atomic E-state index is 0.340. The highest BCUT2D eigenvalue weighted by Crippen LogP contribution is 2.15. The molecule has 1 fully saturated rings. The Morgan fingerprint density at radius 2 is 2.30 bits per heavy atom. The van der Waals surface area contributed by atoms with Gasteiger partial charge in [-0.1, -0.05) is 0 Å². The predicted octanol–water partition coefficient (Wildman–Crippen LogP) is 0.899. The molecule has 1 heterocycles. The molecule has 2 N–H and O–H groups in total. The molecule has 10 heavy (non-hydrogen) atoms. The van der Waals surface area contributed by atoms with Crippen molar-refractivity contribution in [2.24, 2.45) is 0 Å². The number of aliphatic hydroxyl groups excluding tert-OH is 1. The van der Waals surface area contributed by atoms with Crippen LogP contribution >= 0.6 is 0 Å². The molecule has 0 aromatic heterocycles. The van der Waals surface area contributed by atoms with Crippen molar-refractivity contribution in [3.05, 3.63) is 0 Å². The SMILES string of the molecule is C[C@@H]1CC[C@@H](CCCO)N1. The van der Waals surface area contributed by atoms with E-state index < -0.39 is 0 Å². The van der Waals surface area contributed by atoms with Crippen molar-refractivity contribution in [2.45, 2.75) is 44.7 Å². The Labute approximate surface area is 62.6 Å². The van der Waals surface area contributed by atoms with E-state index in [0.29, 0.717) is 18.7 Å². The summed E-state index contributed by atoms with van der Waals surface area (Å²) in [5.74, 6) is 0. The van der Waals surface area contributed by atoms with Crippen LogP contribution in [-0.2, 0) is 0 Å². The standard InChI is InChI=1S/C8H17NO/c1-7-4-5-8(9-7)3-2-6-10/h7-10H,2-6H2,1H3/t7-,8-/m1/s1. The molecule has 0 unspecified atom stereocenters. The summed E-state index contributed by atoms with van der Waals surface area (Å²) in [5.41, 5.74) is 0. The van der Waals surface area contributed by atoms with Gasteiger partial charge in [0.1, 0.15) is 0 Å². The van der Waals surface area contributed by atoms with E-state index in [-0.39, 0.29) is 0 Å². The minimum Gasteiger partial charge on any atom is -0.396 e. The first-order valence-corrected chi connectivity index (χ1v) is 4.20. The monoisotopic (exact) mass is 143 g/mol. The van der Waals surface area contributed by atoms with Gasteiger partial charge in [0.25, 0.3) is 0 Å². The van der Waals surface area contributed by atoms with Crippen LogP contribution in [0.3, 0.4) is 0 Å². The van der Waals surface area contributed by atoms with E-state index in [9.17, 15) is 0 Å². The molecule has 2 nitrogen and oxygen atoms in total. The summed E-state index contributed by atoms with van der Waals surface area (Å²) < 4.78 is 0. The first-order valence-electron chi connectivity index (χ1n) is 4.20. The van der Waals surface area contributed by atoms with Gasteiger partial charge in [-0.05, 0) is 32.6 Å². The average Bonchev–Trinajstić information content (AvgIpc) is 2.31. The van der Waals surface area contributed by atoms with Crippen LogP contribution < -0.4 is 5.32 Å². The maximum Gasteiger partial charge on any atom is 0.0431 e. The lowest BCUT2D eigenvalue weighted by atomic mass is 10.1. The fourth-order valence-electron chi connectivity index (χ4n) is 1.59. The van der Waals surface area contributed by atoms with E-state index in [1.807, 2.05) is 0 Å². The average molecular weight is 143 g/mol. The van der Waals surface area contributed by atoms with Gasteiger partial charge in [-0.3, -0.25) is 0 Å². The second-order valence-corrected chi connectivity index (χ2v) is 3.21. The van der Waals surface area contributed by atoms with Crippen molar-refractivity contribution >= 4 is 0 Å². The van der Waals surface area contributed by atoms with Gasteiger partial charge < -0.3 is 10.4 Å². The topological polar surface area (TPSA) is 32.3 Å². The molecule has 0 aliphatic carbocycles. The maximum atomic E-state index is 8.56. The number of aliphatic hydroxyl groups is 1. The highest BCUT2D eigenvalue weighted by atomic mass is 16.2. The molecule has 0 aromatic rings. The van der Waals surface area contributed by atoms with Crippen molar-refractivity contribution in [1.29, 1.82) is 0 Å². The summed E-state index contributed by atoms with van der Waals surface area (Å²) in [7, 11) is 0. The zero-order valence-electron chi connectivity index (χ0n) is 6.64. The first kappa shape index (κ1) is 8.02. The molecule has 1 saturated heterocycles. The van der Waals surface area contributed by atoms with Crippen LogP contribution in [0.4, 0.5) is 0 Å². The van der Waals surface area contributed by atoms with Crippen molar-refractivity contribution in [1.82, 2.24) is 5.32 Å². The fraction of sp³-hybridized carbons (Fsp3) is 1.00. The summed E-state index contributed by atoms with van der Waals surface area (Å²) in [6.45, 7) is 2.56. The fourth-order valence-corrected chi connectivity index (χ4v) is 1.59. The van der Waals surface area contributed by atoms with Crippen LogP contribution in [0, 0.1) is 0 Å². The van der Waals surface area contributed by atoms with Gasteiger partial charge in [0.2, 0.25) is 0 Å². The lowest BCUT2D eigenvalue weighted by molar-refractivity contribution is 0.277. The molecule has 2 atom stereocenters. The van der Waals surface area contributed by atoms with Gasteiger partial charge in [-0.25, -0.2) is 0 Å². The second-order valence-electron chi connectivity index (χ2n) is 3.21.